The number of hydrogen-bond donors (Lipinski definition) is 2. The molecule has 0 saturated heterocycles. The number of para-hydroxylation sites is 1. The summed E-state index contributed by atoms with van der Waals surface area (Å²) in [6, 6.07) is 8.02. The predicted molar refractivity (Wildman–Crippen MR) is 95.4 cm³/mol. The molecule has 1 aromatic heterocycles. The summed E-state index contributed by atoms with van der Waals surface area (Å²) in [4.78, 5) is 22.4. The Morgan fingerprint density at radius 2 is 2.08 bits per heavy atom. The number of benzene rings is 1. The van der Waals surface area contributed by atoms with E-state index in [1.165, 1.54) is 18.4 Å². The number of aromatic nitrogens is 2. The molecule has 0 saturated carbocycles. The molecule has 0 spiro atoms. The van der Waals surface area contributed by atoms with Crippen LogP contribution in [0.1, 0.15) is 42.5 Å². The van der Waals surface area contributed by atoms with Gasteiger partial charge in [0.1, 0.15) is 0 Å². The van der Waals surface area contributed by atoms with E-state index in [4.69, 9.17) is 0 Å². The second kappa shape index (κ2) is 7.52. The standard InChI is InChI=1S/C17H19N5O3/c1-17(2,3)15-11-13(19-20-15)16(23)21-18-10-6-8-12-7-4-5-9-14(12)22(24)25/h4-11H,1-3H3,(H,19,20)(H,21,23)/b8-6+,18-10-. The number of nitrogens with one attached hydrogen (secondary N) is 2. The predicted octanol–water partition coefficient (Wildman–Crippen LogP) is 3.04. The highest BCUT2D eigenvalue weighted by Crippen LogP contribution is 2.20. The van der Waals surface area contributed by atoms with Crippen molar-refractivity contribution in [3.8, 4) is 0 Å². The van der Waals surface area contributed by atoms with E-state index in [0.29, 0.717) is 5.56 Å². The van der Waals surface area contributed by atoms with Gasteiger partial charge in [-0.15, -0.1) is 0 Å². The summed E-state index contributed by atoms with van der Waals surface area (Å²) >= 11 is 0. The summed E-state index contributed by atoms with van der Waals surface area (Å²) in [5.41, 5.74) is 3.75. The van der Waals surface area contributed by atoms with Crippen molar-refractivity contribution < 1.29 is 9.72 Å². The Morgan fingerprint density at radius 1 is 1.36 bits per heavy atom. The van der Waals surface area contributed by atoms with E-state index < -0.39 is 10.8 Å². The summed E-state index contributed by atoms with van der Waals surface area (Å²) < 4.78 is 0. The fourth-order valence-corrected chi connectivity index (χ4v) is 1.96. The number of hydrogen-bond acceptors (Lipinski definition) is 5. The van der Waals surface area contributed by atoms with E-state index >= 15 is 0 Å². The maximum Gasteiger partial charge on any atom is 0.291 e. The van der Waals surface area contributed by atoms with Crippen LogP contribution < -0.4 is 5.43 Å². The zero-order valence-corrected chi connectivity index (χ0v) is 14.2. The number of rotatable bonds is 5. The van der Waals surface area contributed by atoms with Gasteiger partial charge in [-0.2, -0.15) is 10.2 Å². The van der Waals surface area contributed by atoms with Gasteiger partial charge < -0.3 is 0 Å². The molecular formula is C17H19N5O3. The molecule has 0 aliphatic heterocycles. The molecule has 2 aromatic rings. The molecule has 0 unspecified atom stereocenters. The minimum absolute atomic E-state index is 0.00224. The average molecular weight is 341 g/mol. The number of H-pyrrole nitrogens is 1. The lowest BCUT2D eigenvalue weighted by Crippen LogP contribution is -2.17. The van der Waals surface area contributed by atoms with Gasteiger partial charge in [-0.1, -0.05) is 32.9 Å². The van der Waals surface area contributed by atoms with E-state index in [1.807, 2.05) is 20.8 Å². The van der Waals surface area contributed by atoms with Crippen molar-refractivity contribution in [2.24, 2.45) is 5.10 Å². The van der Waals surface area contributed by atoms with Crippen molar-refractivity contribution in [2.45, 2.75) is 26.2 Å². The van der Waals surface area contributed by atoms with Gasteiger partial charge in [-0.3, -0.25) is 20.0 Å². The van der Waals surface area contributed by atoms with Gasteiger partial charge in [0.15, 0.2) is 5.69 Å². The van der Waals surface area contributed by atoms with Gasteiger partial charge in [0.05, 0.1) is 10.5 Å². The molecule has 1 amide bonds. The van der Waals surface area contributed by atoms with Crippen LogP contribution in [-0.4, -0.2) is 27.2 Å². The van der Waals surface area contributed by atoms with Crippen molar-refractivity contribution in [3.05, 3.63) is 63.5 Å². The number of carbonyl (C=O) groups excluding carboxylic acids is 1. The van der Waals surface area contributed by atoms with Crippen LogP contribution >= 0.6 is 0 Å². The number of allylic oxidation sites excluding steroid dienone is 1. The molecule has 0 aliphatic rings. The second-order valence-corrected chi connectivity index (χ2v) is 6.31. The van der Waals surface area contributed by atoms with Crippen LogP contribution in [-0.2, 0) is 5.41 Å². The monoisotopic (exact) mass is 341 g/mol. The Labute approximate surface area is 144 Å². The minimum atomic E-state index is -0.455. The highest BCUT2D eigenvalue weighted by atomic mass is 16.6. The molecule has 0 radical (unpaired) electrons. The third-order valence-electron chi connectivity index (χ3n) is 3.35. The Bertz CT molecular complexity index is 831. The van der Waals surface area contributed by atoms with Crippen molar-refractivity contribution >= 4 is 23.9 Å². The van der Waals surface area contributed by atoms with Crippen LogP contribution in [0.3, 0.4) is 0 Å². The van der Waals surface area contributed by atoms with Gasteiger partial charge in [-0.25, -0.2) is 5.43 Å². The van der Waals surface area contributed by atoms with E-state index in [2.05, 4.69) is 20.7 Å². The van der Waals surface area contributed by atoms with Crippen LogP contribution in [0.2, 0.25) is 0 Å². The van der Waals surface area contributed by atoms with Crippen molar-refractivity contribution in [3.63, 3.8) is 0 Å². The third kappa shape index (κ3) is 4.84. The number of aromatic amines is 1. The molecule has 8 nitrogen and oxygen atoms in total. The normalized spacial score (nSPS) is 12.0. The lowest BCUT2D eigenvalue weighted by atomic mass is 9.92. The largest absolute Gasteiger partial charge is 0.291 e. The molecule has 0 bridgehead atoms. The smallest absolute Gasteiger partial charge is 0.281 e. The molecule has 25 heavy (non-hydrogen) atoms. The first-order chi connectivity index (χ1) is 11.8. The number of nitro groups is 1. The molecule has 1 aromatic carbocycles. The molecule has 1 heterocycles. The number of amides is 1. The first-order valence-corrected chi connectivity index (χ1v) is 7.58. The molecule has 2 rings (SSSR count). The van der Waals surface area contributed by atoms with Gasteiger partial charge in [0, 0.05) is 23.4 Å². The Morgan fingerprint density at radius 3 is 2.72 bits per heavy atom. The summed E-state index contributed by atoms with van der Waals surface area (Å²) in [5, 5.41) is 21.5. The van der Waals surface area contributed by atoms with E-state index in [-0.39, 0.29) is 16.8 Å². The quantitative estimate of drug-likeness (QED) is 0.494. The highest BCUT2D eigenvalue weighted by molar-refractivity contribution is 5.93. The van der Waals surface area contributed by atoms with Gasteiger partial charge in [0.25, 0.3) is 11.6 Å². The lowest BCUT2D eigenvalue weighted by Gasteiger charge is -2.14. The summed E-state index contributed by atoms with van der Waals surface area (Å²) in [6.45, 7) is 6.02. The summed E-state index contributed by atoms with van der Waals surface area (Å²) in [6.07, 6.45) is 4.39. The molecule has 8 heteroatoms. The minimum Gasteiger partial charge on any atom is -0.281 e. The molecule has 0 fully saturated rings. The van der Waals surface area contributed by atoms with E-state index in [1.54, 1.807) is 30.3 Å². The fourth-order valence-electron chi connectivity index (χ4n) is 1.96. The van der Waals surface area contributed by atoms with Crippen LogP contribution in [0.5, 0.6) is 0 Å². The Balaban J connectivity index is 1.96. The van der Waals surface area contributed by atoms with Crippen LogP contribution in [0, 0.1) is 10.1 Å². The van der Waals surface area contributed by atoms with Crippen LogP contribution in [0.25, 0.3) is 6.08 Å². The molecule has 0 atom stereocenters. The zero-order valence-electron chi connectivity index (χ0n) is 14.2. The SMILES string of the molecule is CC(C)(C)c1cc(C(=O)N/N=C\C=C\c2ccccc2[N+](=O)[O-])n[nH]1. The second-order valence-electron chi connectivity index (χ2n) is 6.31. The zero-order chi connectivity index (χ0) is 18.4. The van der Waals surface area contributed by atoms with E-state index in [0.717, 1.165) is 5.69 Å². The van der Waals surface area contributed by atoms with Gasteiger partial charge in [0.2, 0.25) is 0 Å². The van der Waals surface area contributed by atoms with Gasteiger partial charge in [-0.05, 0) is 24.3 Å². The molecule has 130 valence electrons. The van der Waals surface area contributed by atoms with Crippen molar-refractivity contribution in [1.29, 1.82) is 0 Å². The summed E-state index contributed by atoms with van der Waals surface area (Å²) in [5.74, 6) is -0.443. The molecule has 0 aliphatic carbocycles. The van der Waals surface area contributed by atoms with E-state index in [9.17, 15) is 14.9 Å². The van der Waals surface area contributed by atoms with Crippen LogP contribution in [0.15, 0.2) is 41.5 Å². The van der Waals surface area contributed by atoms with Crippen molar-refractivity contribution in [1.82, 2.24) is 15.6 Å². The maximum absolute atomic E-state index is 11.9. The first kappa shape index (κ1) is 18.1. The lowest BCUT2D eigenvalue weighted by molar-refractivity contribution is -0.385. The molecular weight excluding hydrogens is 322 g/mol. The van der Waals surface area contributed by atoms with Crippen LogP contribution in [0.4, 0.5) is 5.69 Å². The molecule has 2 N–H and O–H groups in total. The number of hydrazone groups is 1. The van der Waals surface area contributed by atoms with Gasteiger partial charge >= 0.3 is 0 Å². The third-order valence-corrected chi connectivity index (χ3v) is 3.35. The number of nitrogens with zero attached hydrogens (tertiary/aromatic N) is 3. The first-order valence-electron chi connectivity index (χ1n) is 7.58. The van der Waals surface area contributed by atoms with Crippen molar-refractivity contribution in [2.75, 3.05) is 0 Å². The Hall–Kier alpha value is -3.29. The number of nitro benzene ring substituents is 1. The number of carbonyl (C=O) groups is 1. The Kier molecular flexibility index (Phi) is 5.43. The fraction of sp³-hybridized carbons (Fsp3) is 0.235. The average Bonchev–Trinajstić information content (AvgIpc) is 3.05. The topological polar surface area (TPSA) is 113 Å². The highest BCUT2D eigenvalue weighted by Gasteiger charge is 2.19. The maximum atomic E-state index is 11.9. The summed E-state index contributed by atoms with van der Waals surface area (Å²) in [7, 11) is 0.